The first-order valence-electron chi connectivity index (χ1n) is 9.35. The lowest BCUT2D eigenvalue weighted by atomic mass is 9.63. The summed E-state index contributed by atoms with van der Waals surface area (Å²) in [6.45, 7) is 0.862. The lowest BCUT2D eigenvalue weighted by Gasteiger charge is -2.40. The third-order valence-corrected chi connectivity index (χ3v) is 6.40. The fraction of sp³-hybridized carbons (Fsp3) is 0.500. The number of amides is 1. The van der Waals surface area contributed by atoms with E-state index in [0.717, 1.165) is 43.2 Å². The largest absolute Gasteiger partial charge is 0.481 e. The summed E-state index contributed by atoms with van der Waals surface area (Å²) in [6, 6.07) is 5.65. The number of hydrogen-bond acceptors (Lipinski definition) is 4. The van der Waals surface area contributed by atoms with Crippen LogP contribution in [0.15, 0.2) is 24.4 Å². The molecule has 0 radical (unpaired) electrons. The van der Waals surface area contributed by atoms with Crippen molar-refractivity contribution in [1.82, 2.24) is 14.9 Å². The van der Waals surface area contributed by atoms with Gasteiger partial charge in [-0.25, -0.2) is 9.97 Å². The highest BCUT2D eigenvalue weighted by Crippen LogP contribution is 2.52. The minimum absolute atomic E-state index is 0.0693. The van der Waals surface area contributed by atoms with E-state index in [1.165, 1.54) is 0 Å². The predicted octanol–water partition coefficient (Wildman–Crippen LogP) is 2.83. The quantitative estimate of drug-likeness (QED) is 0.919. The zero-order valence-corrected chi connectivity index (χ0v) is 14.5. The number of likely N-dealkylation sites (tertiary alicyclic amines) is 1. The van der Waals surface area contributed by atoms with Gasteiger partial charge >= 0.3 is 5.97 Å². The Balaban J connectivity index is 1.52. The van der Waals surface area contributed by atoms with Gasteiger partial charge in [0.25, 0.3) is 5.91 Å². The molecule has 1 N–H and O–H groups in total. The van der Waals surface area contributed by atoms with Gasteiger partial charge in [-0.05, 0) is 43.9 Å². The van der Waals surface area contributed by atoms with Crippen LogP contribution in [0.4, 0.5) is 0 Å². The van der Waals surface area contributed by atoms with Gasteiger partial charge in [0.05, 0.1) is 17.2 Å². The van der Waals surface area contributed by atoms with Crippen molar-refractivity contribution in [3.63, 3.8) is 0 Å². The summed E-state index contributed by atoms with van der Waals surface area (Å²) < 4.78 is 0. The summed E-state index contributed by atoms with van der Waals surface area (Å²) in [6.07, 6.45) is 6.68. The van der Waals surface area contributed by atoms with Crippen LogP contribution in [-0.2, 0) is 4.79 Å². The first-order valence-corrected chi connectivity index (χ1v) is 9.35. The van der Waals surface area contributed by atoms with Gasteiger partial charge < -0.3 is 10.0 Å². The van der Waals surface area contributed by atoms with E-state index >= 15 is 0 Å². The molecule has 1 atom stereocenters. The number of hydrogen-bond donors (Lipinski definition) is 1. The molecule has 1 saturated heterocycles. The molecule has 2 aromatic heterocycles. The molecule has 1 unspecified atom stereocenters. The number of aromatic nitrogens is 2. The van der Waals surface area contributed by atoms with E-state index in [9.17, 15) is 14.7 Å². The lowest BCUT2D eigenvalue weighted by Crippen LogP contribution is -2.41. The van der Waals surface area contributed by atoms with Crippen LogP contribution in [0, 0.1) is 11.3 Å². The Labute approximate surface area is 151 Å². The monoisotopic (exact) mass is 351 g/mol. The van der Waals surface area contributed by atoms with Crippen molar-refractivity contribution in [2.45, 2.75) is 38.0 Å². The fourth-order valence-electron chi connectivity index (χ4n) is 4.63. The van der Waals surface area contributed by atoms with Crippen molar-refractivity contribution in [3.05, 3.63) is 35.7 Å². The molecule has 2 saturated carbocycles. The molecule has 6 nitrogen and oxygen atoms in total. The number of carbonyl (C=O) groups is 2. The molecule has 3 fully saturated rings. The maximum Gasteiger partial charge on any atom is 0.308 e. The molecule has 1 amide bonds. The van der Waals surface area contributed by atoms with Crippen molar-refractivity contribution in [2.75, 3.05) is 13.1 Å². The number of carbonyl (C=O) groups excluding carboxylic acids is 1. The second-order valence-electron chi connectivity index (χ2n) is 8.04. The number of fused-ring (bicyclic) bond motifs is 1. The fourth-order valence-corrected chi connectivity index (χ4v) is 4.63. The number of rotatable bonds is 3. The second kappa shape index (κ2) is 5.50. The Kier molecular flexibility index (Phi) is 3.33. The molecule has 2 aliphatic carbocycles. The van der Waals surface area contributed by atoms with Crippen LogP contribution in [0.2, 0.25) is 0 Å². The smallest absolute Gasteiger partial charge is 0.308 e. The van der Waals surface area contributed by atoms with Gasteiger partial charge in [0.2, 0.25) is 0 Å². The van der Waals surface area contributed by atoms with Gasteiger partial charge in [0, 0.05) is 36.0 Å². The maximum atomic E-state index is 13.3. The molecule has 5 rings (SSSR count). The molecule has 1 spiro atoms. The average Bonchev–Trinajstić information content (AvgIpc) is 3.37. The van der Waals surface area contributed by atoms with Crippen molar-refractivity contribution in [2.24, 2.45) is 11.3 Å². The van der Waals surface area contributed by atoms with Crippen molar-refractivity contribution in [1.29, 1.82) is 0 Å². The summed E-state index contributed by atoms with van der Waals surface area (Å²) in [5.41, 5.74) is 1.93. The Bertz CT molecular complexity index is 918. The third-order valence-electron chi connectivity index (χ3n) is 6.40. The normalized spacial score (nSPS) is 24.0. The Morgan fingerprint density at radius 3 is 2.69 bits per heavy atom. The molecule has 3 heterocycles. The highest BCUT2D eigenvalue weighted by Gasteiger charge is 2.54. The van der Waals surface area contributed by atoms with Crippen molar-refractivity contribution >= 4 is 22.9 Å². The molecule has 3 aliphatic rings. The molecule has 6 heteroatoms. The number of aliphatic carboxylic acids is 1. The number of carboxylic acids is 1. The highest BCUT2D eigenvalue weighted by molar-refractivity contribution is 5.99. The van der Waals surface area contributed by atoms with E-state index in [2.05, 4.69) is 9.97 Å². The van der Waals surface area contributed by atoms with E-state index in [4.69, 9.17) is 0 Å². The van der Waals surface area contributed by atoms with E-state index in [1.807, 2.05) is 18.2 Å². The molecule has 134 valence electrons. The molecule has 0 aromatic carbocycles. The number of carboxylic acid groups (broad SMARTS) is 1. The Morgan fingerprint density at radius 2 is 2.08 bits per heavy atom. The summed E-state index contributed by atoms with van der Waals surface area (Å²) in [4.78, 5) is 35.8. The zero-order chi connectivity index (χ0) is 17.9. The van der Waals surface area contributed by atoms with Crippen molar-refractivity contribution < 1.29 is 14.7 Å². The van der Waals surface area contributed by atoms with Crippen LogP contribution in [0.5, 0.6) is 0 Å². The van der Waals surface area contributed by atoms with Crippen molar-refractivity contribution in [3.8, 4) is 0 Å². The molecule has 1 aliphatic heterocycles. The standard InChI is InChI=1S/C20H21N3O3/c24-18(23-10-15(19(25)26)20(11-23)6-2-7-20)14-9-13-3-1-8-21-17(13)22-16(14)12-4-5-12/h1,3,8-9,12,15H,2,4-7,10-11H2,(H,25,26). The molecule has 2 aromatic rings. The third kappa shape index (κ3) is 2.31. The molecule has 26 heavy (non-hydrogen) atoms. The average molecular weight is 351 g/mol. The Hall–Kier alpha value is -2.50. The van der Waals surface area contributed by atoms with Crippen LogP contribution in [0.3, 0.4) is 0 Å². The molecular formula is C20H21N3O3. The maximum absolute atomic E-state index is 13.3. The second-order valence-corrected chi connectivity index (χ2v) is 8.04. The van der Waals surface area contributed by atoms with Crippen LogP contribution in [-0.4, -0.2) is 44.9 Å². The van der Waals surface area contributed by atoms with Gasteiger partial charge in [-0.3, -0.25) is 9.59 Å². The predicted molar refractivity (Wildman–Crippen MR) is 94.8 cm³/mol. The van der Waals surface area contributed by atoms with E-state index in [1.54, 1.807) is 11.1 Å². The van der Waals surface area contributed by atoms with Gasteiger partial charge in [-0.1, -0.05) is 6.42 Å². The first-order chi connectivity index (χ1) is 12.6. The molecule has 0 bridgehead atoms. The van der Waals surface area contributed by atoms with Crippen LogP contribution >= 0.6 is 0 Å². The number of nitrogens with zero attached hydrogens (tertiary/aromatic N) is 3. The first kappa shape index (κ1) is 15.7. The summed E-state index contributed by atoms with van der Waals surface area (Å²) in [5, 5.41) is 10.5. The SMILES string of the molecule is O=C(O)C1CN(C(=O)c2cc3cccnc3nc2C2CC2)CC12CCC2. The van der Waals surface area contributed by atoms with Gasteiger partial charge in [0.15, 0.2) is 5.65 Å². The lowest BCUT2D eigenvalue weighted by molar-refractivity contribution is -0.146. The van der Waals surface area contributed by atoms with E-state index < -0.39 is 11.9 Å². The van der Waals surface area contributed by atoms with Crippen LogP contribution < -0.4 is 0 Å². The van der Waals surface area contributed by atoms with Crippen LogP contribution in [0.25, 0.3) is 11.0 Å². The van der Waals surface area contributed by atoms with E-state index in [-0.39, 0.29) is 11.3 Å². The minimum Gasteiger partial charge on any atom is -0.481 e. The zero-order valence-electron chi connectivity index (χ0n) is 14.5. The Morgan fingerprint density at radius 1 is 1.27 bits per heavy atom. The highest BCUT2D eigenvalue weighted by atomic mass is 16.4. The van der Waals surface area contributed by atoms with Gasteiger partial charge in [0.1, 0.15) is 0 Å². The van der Waals surface area contributed by atoms with E-state index in [0.29, 0.717) is 30.2 Å². The minimum atomic E-state index is -0.775. The molecular weight excluding hydrogens is 330 g/mol. The van der Waals surface area contributed by atoms with Gasteiger partial charge in [-0.2, -0.15) is 0 Å². The summed E-state index contributed by atoms with van der Waals surface area (Å²) >= 11 is 0. The van der Waals surface area contributed by atoms with Gasteiger partial charge in [-0.15, -0.1) is 0 Å². The summed E-state index contributed by atoms with van der Waals surface area (Å²) in [7, 11) is 0. The summed E-state index contributed by atoms with van der Waals surface area (Å²) in [5.74, 6) is -0.959. The number of pyridine rings is 2. The van der Waals surface area contributed by atoms with Crippen LogP contribution in [0.1, 0.15) is 54.1 Å². The topological polar surface area (TPSA) is 83.4 Å².